The number of carbonyl (C=O) groups excluding carboxylic acids is 2. The lowest BCUT2D eigenvalue weighted by molar-refractivity contribution is 0.0519. The third-order valence-corrected chi connectivity index (χ3v) is 7.78. The number of rotatable bonds is 7. The number of nitrogens with zero attached hydrogens (tertiary/aromatic N) is 3. The van der Waals surface area contributed by atoms with Crippen LogP contribution in [0.1, 0.15) is 57.2 Å². The van der Waals surface area contributed by atoms with E-state index in [-0.39, 0.29) is 35.6 Å². The van der Waals surface area contributed by atoms with Gasteiger partial charge in [-0.2, -0.15) is 0 Å². The van der Waals surface area contributed by atoms with E-state index in [9.17, 15) is 18.0 Å². The summed E-state index contributed by atoms with van der Waals surface area (Å²) in [7, 11) is -1.24. The summed E-state index contributed by atoms with van der Waals surface area (Å²) in [6.45, 7) is 5.44. The second-order valence-corrected chi connectivity index (χ2v) is 10.2. The molecule has 2 aromatic heterocycles. The van der Waals surface area contributed by atoms with Gasteiger partial charge in [-0.3, -0.25) is 4.79 Å². The van der Waals surface area contributed by atoms with E-state index >= 15 is 0 Å². The summed E-state index contributed by atoms with van der Waals surface area (Å²) in [5, 5.41) is 8.82. The van der Waals surface area contributed by atoms with Crippen LogP contribution in [0, 0.1) is 13.8 Å². The highest BCUT2D eigenvalue weighted by Crippen LogP contribution is 2.30. The maximum Gasteiger partial charge on any atom is 0.355 e. The van der Waals surface area contributed by atoms with Crippen molar-refractivity contribution in [3.63, 3.8) is 0 Å². The zero-order valence-corrected chi connectivity index (χ0v) is 18.4. The molecule has 0 aromatic carbocycles. The van der Waals surface area contributed by atoms with Crippen molar-refractivity contribution in [1.29, 1.82) is 0 Å². The summed E-state index contributed by atoms with van der Waals surface area (Å²) >= 11 is 1.24. The van der Waals surface area contributed by atoms with Crippen molar-refractivity contribution in [3.8, 4) is 0 Å². The van der Waals surface area contributed by atoms with E-state index in [2.05, 4.69) is 15.2 Å². The van der Waals surface area contributed by atoms with Crippen LogP contribution in [0.2, 0.25) is 0 Å². The maximum atomic E-state index is 12.8. The lowest BCUT2D eigenvalue weighted by Gasteiger charge is -2.08. The highest BCUT2D eigenvalue weighted by atomic mass is 32.2. The Morgan fingerprint density at radius 2 is 2.03 bits per heavy atom. The lowest BCUT2D eigenvalue weighted by atomic mass is 10.1. The van der Waals surface area contributed by atoms with Gasteiger partial charge in [0.15, 0.2) is 20.8 Å². The summed E-state index contributed by atoms with van der Waals surface area (Å²) < 4.78 is 30.2. The number of hydrogen-bond acceptors (Lipinski definition) is 8. The molecule has 0 spiro atoms. The minimum atomic E-state index is -3.01. The molecule has 1 saturated heterocycles. The molecule has 11 heteroatoms. The number of H-pyrrole nitrogens is 1. The van der Waals surface area contributed by atoms with E-state index in [1.807, 2.05) is 0 Å². The number of aromatic nitrogens is 4. The van der Waals surface area contributed by atoms with E-state index in [1.165, 1.54) is 11.8 Å². The standard InChI is InChI=1S/C18H24N4O5S2/c1-5-27-17(24)15-10(2)14(11(3)19-15)13(23)8-28-18-21-20-16(22(18)4)12-6-7-29(25,26)9-12/h12,19H,5-9H2,1-4H3. The van der Waals surface area contributed by atoms with Gasteiger partial charge in [-0.15, -0.1) is 10.2 Å². The predicted octanol–water partition coefficient (Wildman–Crippen LogP) is 1.81. The summed E-state index contributed by atoms with van der Waals surface area (Å²) in [5.74, 6) is 0.218. The molecule has 3 rings (SSSR count). The second-order valence-electron chi connectivity index (χ2n) is 7.06. The van der Waals surface area contributed by atoms with Crippen molar-refractivity contribution in [2.24, 2.45) is 7.05 Å². The van der Waals surface area contributed by atoms with Gasteiger partial charge >= 0.3 is 5.97 Å². The SMILES string of the molecule is CCOC(=O)c1[nH]c(C)c(C(=O)CSc2nnc(C3CCS(=O)(=O)C3)n2C)c1C. The molecule has 1 unspecified atom stereocenters. The highest BCUT2D eigenvalue weighted by Gasteiger charge is 2.32. The van der Waals surface area contributed by atoms with Crippen LogP contribution in [0.3, 0.4) is 0 Å². The van der Waals surface area contributed by atoms with Crippen LogP contribution in [-0.4, -0.2) is 63.8 Å². The van der Waals surface area contributed by atoms with Crippen molar-refractivity contribution in [2.45, 2.75) is 38.3 Å². The number of nitrogens with one attached hydrogen (secondary N) is 1. The number of thioether (sulfide) groups is 1. The number of Topliss-reactive ketones (excluding diaryl/α,β-unsaturated/α-hetero) is 1. The fourth-order valence-electron chi connectivity index (χ4n) is 3.58. The summed E-state index contributed by atoms with van der Waals surface area (Å²) in [4.78, 5) is 27.7. The first-order valence-corrected chi connectivity index (χ1v) is 12.1. The van der Waals surface area contributed by atoms with Gasteiger partial charge in [-0.1, -0.05) is 11.8 Å². The topological polar surface area (TPSA) is 124 Å². The Kier molecular flexibility index (Phi) is 6.18. The Morgan fingerprint density at radius 3 is 2.66 bits per heavy atom. The van der Waals surface area contributed by atoms with E-state index in [0.29, 0.717) is 39.9 Å². The average Bonchev–Trinajstić information content (AvgIpc) is 3.28. The van der Waals surface area contributed by atoms with Crippen molar-refractivity contribution in [3.05, 3.63) is 28.3 Å². The molecule has 158 valence electrons. The minimum Gasteiger partial charge on any atom is -0.461 e. The van der Waals surface area contributed by atoms with Gasteiger partial charge in [0.2, 0.25) is 0 Å². The highest BCUT2D eigenvalue weighted by molar-refractivity contribution is 7.99. The largest absolute Gasteiger partial charge is 0.461 e. The predicted molar refractivity (Wildman–Crippen MR) is 108 cm³/mol. The first-order chi connectivity index (χ1) is 13.6. The average molecular weight is 441 g/mol. The van der Waals surface area contributed by atoms with Crippen molar-refractivity contribution >= 4 is 33.4 Å². The number of carbonyl (C=O) groups is 2. The van der Waals surface area contributed by atoms with Crippen molar-refractivity contribution < 1.29 is 22.7 Å². The molecule has 0 radical (unpaired) electrons. The minimum absolute atomic E-state index is 0.0843. The van der Waals surface area contributed by atoms with Crippen molar-refractivity contribution in [1.82, 2.24) is 19.7 Å². The van der Waals surface area contributed by atoms with Gasteiger partial charge in [0.1, 0.15) is 11.5 Å². The zero-order chi connectivity index (χ0) is 21.3. The molecule has 2 aromatic rings. The molecule has 0 amide bonds. The lowest BCUT2D eigenvalue weighted by Crippen LogP contribution is -2.10. The van der Waals surface area contributed by atoms with Crippen LogP contribution in [0.15, 0.2) is 5.16 Å². The summed E-state index contributed by atoms with van der Waals surface area (Å²) in [6, 6.07) is 0. The molecule has 0 aliphatic carbocycles. The second kappa shape index (κ2) is 8.31. The zero-order valence-electron chi connectivity index (χ0n) is 16.8. The van der Waals surface area contributed by atoms with Crippen LogP contribution in [0.25, 0.3) is 0 Å². The fourth-order valence-corrected chi connectivity index (χ4v) is 6.11. The Hall–Kier alpha value is -2.14. The number of aromatic amines is 1. The third-order valence-electron chi connectivity index (χ3n) is 4.99. The first kappa shape index (κ1) is 21.6. The van der Waals surface area contributed by atoms with Crippen LogP contribution in [-0.2, 0) is 21.6 Å². The Morgan fingerprint density at radius 1 is 1.31 bits per heavy atom. The van der Waals surface area contributed by atoms with E-state index in [0.717, 1.165) is 0 Å². The van der Waals surface area contributed by atoms with Crippen LogP contribution >= 0.6 is 11.8 Å². The first-order valence-electron chi connectivity index (χ1n) is 9.26. The number of ether oxygens (including phenoxy) is 1. The molecular formula is C18H24N4O5S2. The smallest absolute Gasteiger partial charge is 0.355 e. The van der Waals surface area contributed by atoms with E-state index < -0.39 is 15.8 Å². The molecule has 0 bridgehead atoms. The Labute approximate surface area is 173 Å². The van der Waals surface area contributed by atoms with Gasteiger partial charge < -0.3 is 14.3 Å². The van der Waals surface area contributed by atoms with Crippen LogP contribution < -0.4 is 0 Å². The van der Waals surface area contributed by atoms with Gasteiger partial charge in [0, 0.05) is 24.2 Å². The molecular weight excluding hydrogens is 416 g/mol. The van der Waals surface area contributed by atoms with Crippen molar-refractivity contribution in [2.75, 3.05) is 23.9 Å². The van der Waals surface area contributed by atoms with Gasteiger partial charge in [0.25, 0.3) is 0 Å². The third kappa shape index (κ3) is 4.40. The summed E-state index contributed by atoms with van der Waals surface area (Å²) in [6.07, 6.45) is 0.538. The van der Waals surface area contributed by atoms with Crippen LogP contribution in [0.5, 0.6) is 0 Å². The van der Waals surface area contributed by atoms with Gasteiger partial charge in [0.05, 0.1) is 23.9 Å². The Balaban J connectivity index is 1.71. The van der Waals surface area contributed by atoms with Gasteiger partial charge in [-0.05, 0) is 32.8 Å². The fraction of sp³-hybridized carbons (Fsp3) is 0.556. The van der Waals surface area contributed by atoms with Gasteiger partial charge in [-0.25, -0.2) is 13.2 Å². The molecule has 0 saturated carbocycles. The van der Waals surface area contributed by atoms with E-state index in [4.69, 9.17) is 4.74 Å². The molecule has 1 atom stereocenters. The quantitative estimate of drug-likeness (QED) is 0.393. The molecule has 29 heavy (non-hydrogen) atoms. The Bertz CT molecular complexity index is 1050. The molecule has 1 aliphatic rings. The molecule has 9 nitrogen and oxygen atoms in total. The number of hydrogen-bond donors (Lipinski definition) is 1. The number of esters is 1. The number of sulfone groups is 1. The maximum absolute atomic E-state index is 12.8. The molecule has 1 N–H and O–H groups in total. The monoisotopic (exact) mass is 440 g/mol. The summed E-state index contributed by atoms with van der Waals surface area (Å²) in [5.41, 5.74) is 1.96. The molecule has 1 fully saturated rings. The van der Waals surface area contributed by atoms with Crippen LogP contribution in [0.4, 0.5) is 0 Å². The van der Waals surface area contributed by atoms with E-state index in [1.54, 1.807) is 32.4 Å². The normalized spacial score (nSPS) is 18.1. The molecule has 1 aliphatic heterocycles. The molecule has 3 heterocycles. The number of aryl methyl sites for hydroxylation is 1. The number of ketones is 1.